The van der Waals surface area contributed by atoms with Crippen LogP contribution in [0.2, 0.25) is 0 Å². The summed E-state index contributed by atoms with van der Waals surface area (Å²) in [5, 5.41) is 42.9. The van der Waals surface area contributed by atoms with Crippen LogP contribution in [0.4, 0.5) is 5.69 Å². The van der Waals surface area contributed by atoms with Crippen LogP contribution in [0.15, 0.2) is 47.5 Å². The Kier molecular flexibility index (Phi) is 14.0. The van der Waals surface area contributed by atoms with Crippen molar-refractivity contribution in [3.63, 3.8) is 0 Å². The molecule has 2 aromatic carbocycles. The number of nitrogens with one attached hydrogen (secondary N) is 2. The number of aliphatic hydroxyl groups excluding tert-OH is 1. The number of phenols is 1. The van der Waals surface area contributed by atoms with Gasteiger partial charge >= 0.3 is 0 Å². The third-order valence-electron chi connectivity index (χ3n) is 22.2. The molecule has 396 valence electrons. The first-order valence-electron chi connectivity index (χ1n) is 29.0. The van der Waals surface area contributed by atoms with Gasteiger partial charge in [0.2, 0.25) is 0 Å². The number of rotatable bonds is 12. The van der Waals surface area contributed by atoms with Gasteiger partial charge in [-0.25, -0.2) is 0 Å². The average molecular weight is 988 g/mol. The summed E-state index contributed by atoms with van der Waals surface area (Å²) in [4.78, 5) is 31.0. The Labute approximate surface area is 433 Å². The van der Waals surface area contributed by atoms with Gasteiger partial charge in [0.25, 0.3) is 0 Å². The number of Topliss-reactive ketones (excluding diaryl/α,β-unsaturated/α-hetero) is 2. The maximum absolute atomic E-state index is 15.6. The predicted molar refractivity (Wildman–Crippen MR) is 287 cm³/mol. The molecule has 15 unspecified atom stereocenters. The van der Waals surface area contributed by atoms with Crippen LogP contribution >= 0.6 is 0 Å². The van der Waals surface area contributed by atoms with Crippen LogP contribution in [0.3, 0.4) is 0 Å². The van der Waals surface area contributed by atoms with E-state index in [4.69, 9.17) is 10.5 Å². The second-order valence-corrected chi connectivity index (χ2v) is 27.5. The fraction of sp³-hybridized carbons (Fsp3) is 0.746. The number of aromatic hydroxyl groups is 1. The molecule has 15 atom stereocenters. The highest BCUT2D eigenvalue weighted by Crippen LogP contribution is 2.75. The van der Waals surface area contributed by atoms with Gasteiger partial charge in [0.1, 0.15) is 17.6 Å². The zero-order valence-corrected chi connectivity index (χ0v) is 45.8. The standard InChI is InChI=1S/C63H93N3O6/c1-37(2)24-38-25-41(29-43(64)27-38)45-18-15-19-48(45)63(8)57(72-63)51(68)31-46(40-16-11-10-12-17-40)54-49-20-21-53-60(5)32-47(42-26-39(35-65-9)28-44(67)30-42)56(70)59(4)23-14-13-22-58(3,71)36-66-50(55(59)60)33-62(53,7)61(49,6)34-52(54)69/h25-30,37,40,45-48,50-51,53,55,57,65-68,71H,10-24,31-36,64H2,1-9H3. The summed E-state index contributed by atoms with van der Waals surface area (Å²) >= 11 is 0. The van der Waals surface area contributed by atoms with E-state index in [9.17, 15) is 15.3 Å². The molecule has 2 aromatic rings. The normalized spacial score (nSPS) is 41.2. The summed E-state index contributed by atoms with van der Waals surface area (Å²) in [5.74, 6) is 2.21. The van der Waals surface area contributed by atoms with Gasteiger partial charge in [-0.05, 0) is 202 Å². The van der Waals surface area contributed by atoms with E-state index in [0.717, 1.165) is 112 Å². The first-order chi connectivity index (χ1) is 34.0. The molecule has 0 spiro atoms. The van der Waals surface area contributed by atoms with Crippen molar-refractivity contribution < 1.29 is 29.6 Å². The molecule has 6 aliphatic carbocycles. The third kappa shape index (κ3) is 8.88. The molecule has 8 aliphatic rings. The van der Waals surface area contributed by atoms with Crippen LogP contribution < -0.4 is 16.4 Å². The van der Waals surface area contributed by atoms with Crippen LogP contribution in [-0.2, 0) is 27.3 Å². The molecule has 0 aromatic heterocycles. The van der Waals surface area contributed by atoms with Crippen molar-refractivity contribution >= 4 is 17.3 Å². The summed E-state index contributed by atoms with van der Waals surface area (Å²) in [7, 11) is 1.91. The molecule has 72 heavy (non-hydrogen) atoms. The highest BCUT2D eigenvalue weighted by molar-refractivity contribution is 6.01. The largest absolute Gasteiger partial charge is 0.508 e. The smallest absolute Gasteiger partial charge is 0.160 e. The number of nitrogens with two attached hydrogens (primary N) is 1. The van der Waals surface area contributed by atoms with Gasteiger partial charge in [0.15, 0.2) is 5.78 Å². The van der Waals surface area contributed by atoms with E-state index in [1.54, 1.807) is 0 Å². The van der Waals surface area contributed by atoms with Gasteiger partial charge in [-0.2, -0.15) is 0 Å². The van der Waals surface area contributed by atoms with Crippen LogP contribution in [0.5, 0.6) is 5.75 Å². The van der Waals surface area contributed by atoms with Crippen LogP contribution in [0, 0.1) is 57.2 Å². The number of hydrogen-bond acceptors (Lipinski definition) is 9. The summed E-state index contributed by atoms with van der Waals surface area (Å²) in [6.45, 7) is 19.5. The topological polar surface area (TPSA) is 157 Å². The SMILES string of the molecule is CNCc1cc(O)cc(C2CC3(C)C4C(CC5(C)C3CCC3=C(C(CC(O)C6OC6(C)C6CCCC6c6cc(N)cc(CC(C)C)c6)C6CCCCC6)C(=O)CC35C)NCC(C)(O)CCCCC4(C)C2=O)c1. The lowest BCUT2D eigenvalue weighted by Crippen LogP contribution is -2.70. The number of carbonyl (C=O) groups is 2. The molecule has 10 rings (SSSR count). The van der Waals surface area contributed by atoms with Gasteiger partial charge in [-0.1, -0.05) is 97.8 Å². The molecule has 0 bridgehead atoms. The number of phenolic OH excluding ortho intramolecular Hbond substituents is 1. The summed E-state index contributed by atoms with van der Waals surface area (Å²) in [6.07, 6.45) is 16.7. The van der Waals surface area contributed by atoms with E-state index in [1.165, 1.54) is 23.1 Å². The van der Waals surface area contributed by atoms with Gasteiger partial charge in [-0.3, -0.25) is 9.59 Å². The molecule has 0 radical (unpaired) electrons. The molecule has 2 aliphatic heterocycles. The van der Waals surface area contributed by atoms with E-state index in [2.05, 4.69) is 83.4 Å². The van der Waals surface area contributed by atoms with Crippen molar-refractivity contribution in [1.29, 1.82) is 0 Å². The zero-order valence-electron chi connectivity index (χ0n) is 45.8. The lowest BCUT2D eigenvalue weighted by Gasteiger charge is -2.71. The van der Waals surface area contributed by atoms with Crippen molar-refractivity contribution in [1.82, 2.24) is 10.6 Å². The number of benzene rings is 2. The summed E-state index contributed by atoms with van der Waals surface area (Å²) < 4.78 is 6.80. The number of fused-ring (bicyclic) bond motifs is 4. The van der Waals surface area contributed by atoms with Crippen LogP contribution in [0.1, 0.15) is 205 Å². The molecular weight excluding hydrogens is 895 g/mol. The van der Waals surface area contributed by atoms with Crippen molar-refractivity contribution in [2.24, 2.45) is 57.2 Å². The number of anilines is 1. The molecule has 9 heteroatoms. The van der Waals surface area contributed by atoms with Crippen molar-refractivity contribution in [2.45, 2.75) is 225 Å². The maximum atomic E-state index is 15.6. The van der Waals surface area contributed by atoms with E-state index in [1.807, 2.05) is 26.1 Å². The summed E-state index contributed by atoms with van der Waals surface area (Å²) in [6, 6.07) is 12.5. The minimum absolute atomic E-state index is 0.0172. The number of hydrogen-bond donors (Lipinski definition) is 6. The van der Waals surface area contributed by atoms with E-state index >= 15 is 9.59 Å². The van der Waals surface area contributed by atoms with Gasteiger partial charge in [0.05, 0.1) is 17.3 Å². The van der Waals surface area contributed by atoms with E-state index < -0.39 is 28.1 Å². The van der Waals surface area contributed by atoms with Crippen molar-refractivity contribution in [3.05, 3.63) is 69.8 Å². The van der Waals surface area contributed by atoms with E-state index in [-0.39, 0.29) is 52.4 Å². The molecule has 0 amide bonds. The number of nitrogen functional groups attached to an aromatic ring is 1. The lowest BCUT2D eigenvalue weighted by molar-refractivity contribution is -0.198. The Morgan fingerprint density at radius 2 is 1.58 bits per heavy atom. The maximum Gasteiger partial charge on any atom is 0.160 e. The molecule has 9 nitrogen and oxygen atoms in total. The quantitative estimate of drug-likeness (QED) is 0.0900. The number of carbonyl (C=O) groups excluding carboxylic acids is 2. The van der Waals surface area contributed by atoms with E-state index in [0.29, 0.717) is 74.0 Å². The third-order valence-corrected chi connectivity index (χ3v) is 22.2. The molecule has 7 N–H and O–H groups in total. The van der Waals surface area contributed by atoms with Crippen LogP contribution in [0.25, 0.3) is 0 Å². The number of β-amino-alcohol motifs (C(OH)–C–C–N with tert-alkyl or cyclic N) is 1. The van der Waals surface area contributed by atoms with Gasteiger partial charge < -0.3 is 36.4 Å². The molecule has 2 saturated heterocycles. The number of ketones is 2. The Morgan fingerprint density at radius 3 is 2.32 bits per heavy atom. The fourth-order valence-corrected chi connectivity index (χ4v) is 19.0. The Balaban J connectivity index is 0.999. The first kappa shape index (κ1) is 52.4. The van der Waals surface area contributed by atoms with Gasteiger partial charge in [-0.15, -0.1) is 0 Å². The second-order valence-electron chi connectivity index (χ2n) is 27.5. The Morgan fingerprint density at radius 1 is 0.847 bits per heavy atom. The number of aliphatic hydroxyl groups is 2. The average Bonchev–Trinajstić information content (AvgIpc) is 3.61. The molecular formula is C63H93N3O6. The first-order valence-corrected chi connectivity index (χ1v) is 29.0. The minimum atomic E-state index is -0.868. The number of allylic oxidation sites excluding steroid dienone is 2. The monoisotopic (exact) mass is 988 g/mol. The number of ether oxygens (including phenoxy) is 1. The Hall–Kier alpha value is -3.08. The van der Waals surface area contributed by atoms with Crippen LogP contribution in [-0.4, -0.2) is 69.9 Å². The predicted octanol–water partition coefficient (Wildman–Crippen LogP) is 11.6. The minimum Gasteiger partial charge on any atom is -0.508 e. The number of epoxide rings is 1. The second kappa shape index (κ2) is 19.2. The highest BCUT2D eigenvalue weighted by Gasteiger charge is 2.72. The van der Waals surface area contributed by atoms with Crippen molar-refractivity contribution in [2.75, 3.05) is 19.3 Å². The Bertz CT molecular complexity index is 2420. The summed E-state index contributed by atoms with van der Waals surface area (Å²) in [5.41, 5.74) is 11.4. The zero-order chi connectivity index (χ0) is 51.3. The lowest BCUT2D eigenvalue weighted by atomic mass is 9.34. The highest BCUT2D eigenvalue weighted by atomic mass is 16.6. The fourth-order valence-electron chi connectivity index (χ4n) is 19.0. The molecule has 2 heterocycles. The molecule has 5 saturated carbocycles. The molecule has 7 fully saturated rings. The van der Waals surface area contributed by atoms with Gasteiger partial charge in [0, 0.05) is 48.0 Å². The van der Waals surface area contributed by atoms with Crippen molar-refractivity contribution in [3.8, 4) is 5.75 Å².